The first kappa shape index (κ1) is 113. The van der Waals surface area contributed by atoms with Crippen molar-refractivity contribution in [3.63, 3.8) is 0 Å². The Morgan fingerprint density at radius 3 is 0.667 bits per heavy atom. The maximum atomic E-state index is 0. The molecule has 0 aliphatic rings. The van der Waals surface area contributed by atoms with E-state index in [-0.39, 0.29) is 76.3 Å². The van der Waals surface area contributed by atoms with Gasteiger partial charge in [0.05, 0.1) is 0 Å². The van der Waals surface area contributed by atoms with E-state index in [4.69, 9.17) is 0 Å². The van der Waals surface area contributed by atoms with Gasteiger partial charge < -0.3 is 11.0 Å². The molecule has 0 unspecified atom stereocenters. The molecule has 0 spiro atoms. The second-order valence-corrected chi connectivity index (χ2v) is 0. The predicted molar refractivity (Wildman–Crippen MR) is 12.9 cm³/mol. The van der Waals surface area contributed by atoms with Crippen molar-refractivity contribution in [2.45, 2.75) is 0 Å². The summed E-state index contributed by atoms with van der Waals surface area (Å²) < 4.78 is 0. The molecule has 0 fully saturated rings. The van der Waals surface area contributed by atoms with E-state index in [2.05, 4.69) is 0 Å². The summed E-state index contributed by atoms with van der Waals surface area (Å²) in [5.41, 5.74) is 0. The fourth-order valence-corrected chi connectivity index (χ4v) is 0. The van der Waals surface area contributed by atoms with Crippen LogP contribution in [0.25, 0.3) is 0 Å². The van der Waals surface area contributed by atoms with Gasteiger partial charge in [-0.1, -0.05) is 0 Å². The van der Waals surface area contributed by atoms with Crippen LogP contribution in [0.15, 0.2) is 0 Å². The van der Waals surface area contributed by atoms with Crippen LogP contribution >= 0.6 is 0 Å². The number of hydrogen-bond donors (Lipinski definition) is 0. The van der Waals surface area contributed by atoms with Crippen molar-refractivity contribution in [2.75, 3.05) is 0 Å². The molecule has 0 aromatic rings. The molecule has 6 heteroatoms. The van der Waals surface area contributed by atoms with Gasteiger partial charge in [0.25, 0.3) is 0 Å². The summed E-state index contributed by atoms with van der Waals surface area (Å²) in [7, 11) is 0. The zero-order valence-electron chi connectivity index (χ0n) is 2.58. The van der Waals surface area contributed by atoms with Crippen molar-refractivity contribution >= 4 is 21.9 Å². The van der Waals surface area contributed by atoms with Crippen LogP contribution in [0.2, 0.25) is 0 Å². The topological polar surface area (TPSA) is 57.0 Å². The number of hydrogen-bond acceptors (Lipinski definition) is 0. The van der Waals surface area contributed by atoms with Gasteiger partial charge in [-0.15, -0.1) is 0 Å². The van der Waals surface area contributed by atoms with Crippen LogP contribution in [0, 0.1) is 0 Å². The van der Waals surface area contributed by atoms with Crippen LogP contribution in [0.5, 0.6) is 0 Å². The van der Waals surface area contributed by atoms with Crippen LogP contribution in [0.3, 0.4) is 0 Å². The van der Waals surface area contributed by atoms with E-state index >= 15 is 0 Å². The smallest absolute Gasteiger partial charge is 0 e. The van der Waals surface area contributed by atoms with Crippen molar-refractivity contribution in [2.24, 2.45) is 0 Å². The first-order chi connectivity index (χ1) is 0. The van der Waals surface area contributed by atoms with Crippen molar-refractivity contribution in [3.8, 4) is 0 Å². The van der Waals surface area contributed by atoms with Gasteiger partial charge in [-0.3, -0.25) is 0 Å². The maximum Gasteiger partial charge on any atom is 0 e. The minimum Gasteiger partial charge on any atom is -2.00 e. The summed E-state index contributed by atoms with van der Waals surface area (Å²) in [4.78, 5) is 0. The normalized spacial score (nSPS) is 0. The third-order valence-electron chi connectivity index (χ3n) is 0. The van der Waals surface area contributed by atoms with Crippen LogP contribution in [0.4, 0.5) is 0 Å². The van der Waals surface area contributed by atoms with Gasteiger partial charge in [0.15, 0.2) is 0 Å². The molecule has 0 saturated carbocycles. The molecule has 0 rings (SSSR count). The first-order valence-corrected chi connectivity index (χ1v) is 0. The van der Waals surface area contributed by atoms with E-state index in [0.29, 0.717) is 0 Å². The Balaban J connectivity index is 0. The van der Waals surface area contributed by atoms with Gasteiger partial charge in [0.2, 0.25) is 0 Å². The maximum absolute atomic E-state index is 0. The summed E-state index contributed by atoms with van der Waals surface area (Å²) in [6, 6.07) is 0. The van der Waals surface area contributed by atoms with Gasteiger partial charge in [-0.2, -0.15) is 0 Å². The van der Waals surface area contributed by atoms with Crippen LogP contribution in [0.1, 0.15) is 0 Å². The Morgan fingerprint density at radius 2 is 0.667 bits per heavy atom. The van der Waals surface area contributed by atoms with E-state index < -0.39 is 0 Å². The van der Waals surface area contributed by atoms with Gasteiger partial charge in [-0.25, -0.2) is 0 Å². The molecule has 6 heavy (non-hydrogen) atoms. The third kappa shape index (κ3) is 41.6. The SMILES string of the molecule is [O-2].[O-2].[Pt].[Si].[Si].[Ta]. The van der Waals surface area contributed by atoms with E-state index in [9.17, 15) is 0 Å². The Bertz CT molecular complexity index is 11.5. The average Bonchev–Trinajstić information content (AvgIpc) is 0. The van der Waals surface area contributed by atoms with Crippen LogP contribution in [-0.4, -0.2) is 21.9 Å². The number of rotatable bonds is 0. The third-order valence-corrected chi connectivity index (χ3v) is 0. The predicted octanol–water partition coefficient (Wildman–Crippen LogP) is -1.00. The molecule has 2 nitrogen and oxygen atoms in total. The molecule has 0 aromatic carbocycles. The van der Waals surface area contributed by atoms with Crippen LogP contribution in [-0.2, 0) is 54.4 Å². The fourth-order valence-electron chi connectivity index (χ4n) is 0. The molecule has 0 amide bonds. The summed E-state index contributed by atoms with van der Waals surface area (Å²) >= 11 is 0. The minimum atomic E-state index is 0. The summed E-state index contributed by atoms with van der Waals surface area (Å²) in [5, 5.41) is 0. The van der Waals surface area contributed by atoms with Gasteiger partial charge >= 0.3 is 0 Å². The Hall–Kier alpha value is 1.78. The average molecular weight is 464 g/mol. The summed E-state index contributed by atoms with van der Waals surface area (Å²) in [6.07, 6.45) is 0. The Kier molecular flexibility index (Phi) is 1340. The van der Waals surface area contributed by atoms with Gasteiger partial charge in [0, 0.05) is 65.4 Å². The van der Waals surface area contributed by atoms with E-state index in [1.165, 1.54) is 0 Å². The molecule has 0 aliphatic carbocycles. The Morgan fingerprint density at radius 1 is 0.667 bits per heavy atom. The standard InChI is InChI=1S/2O.Pt.2Si.Ta/q2*-2;;;;. The van der Waals surface area contributed by atoms with Crippen molar-refractivity contribution in [1.29, 1.82) is 0 Å². The van der Waals surface area contributed by atoms with E-state index in [1.807, 2.05) is 0 Å². The molecule has 0 heterocycles. The zero-order valence-corrected chi connectivity index (χ0v) is 10.1. The van der Waals surface area contributed by atoms with Crippen LogP contribution < -0.4 is 0 Å². The molecule has 0 atom stereocenters. The molecule has 39 valence electrons. The van der Waals surface area contributed by atoms with Crippen molar-refractivity contribution in [3.05, 3.63) is 0 Å². The largest absolute Gasteiger partial charge is 2.00 e. The van der Waals surface area contributed by atoms with Crippen molar-refractivity contribution in [1.82, 2.24) is 0 Å². The first-order valence-electron chi connectivity index (χ1n) is 0. The molecule has 0 aliphatic heterocycles. The molecule has 9 radical (unpaired) electrons. The quantitative estimate of drug-likeness (QED) is 0.414. The molecule has 0 saturated heterocycles. The second-order valence-electron chi connectivity index (χ2n) is 0. The summed E-state index contributed by atoms with van der Waals surface area (Å²) in [6.45, 7) is 0. The molecule has 0 bridgehead atoms. The molecular weight excluding hydrogens is 464 g/mol. The molecular formula is O2PtSi2Ta-4. The minimum absolute atomic E-state index is 0. The fraction of sp³-hybridized carbons (Fsp3) is 0. The Labute approximate surface area is 75.9 Å². The summed E-state index contributed by atoms with van der Waals surface area (Å²) in [5.74, 6) is 0. The second kappa shape index (κ2) is 71.4. The van der Waals surface area contributed by atoms with Gasteiger partial charge in [-0.05, 0) is 0 Å². The van der Waals surface area contributed by atoms with Crippen molar-refractivity contribution < 1.29 is 54.4 Å². The molecule has 0 aromatic heterocycles. The zero-order chi connectivity index (χ0) is 0. The van der Waals surface area contributed by atoms with E-state index in [1.54, 1.807) is 0 Å². The monoisotopic (exact) mass is 464 g/mol. The molecule has 0 N–H and O–H groups in total. The van der Waals surface area contributed by atoms with E-state index in [0.717, 1.165) is 0 Å². The van der Waals surface area contributed by atoms with Gasteiger partial charge in [0.1, 0.15) is 0 Å².